The number of likely N-dealkylation sites (tertiary alicyclic amines) is 1. The highest BCUT2D eigenvalue weighted by Gasteiger charge is 2.18. The van der Waals surface area contributed by atoms with Gasteiger partial charge in [-0.3, -0.25) is 4.79 Å². The molecule has 86 valence electrons. The third-order valence-electron chi connectivity index (χ3n) is 2.36. The van der Waals surface area contributed by atoms with Crippen LogP contribution in [0.1, 0.15) is 12.8 Å². The van der Waals surface area contributed by atoms with Crippen molar-refractivity contribution in [2.24, 2.45) is 0 Å². The summed E-state index contributed by atoms with van der Waals surface area (Å²) >= 11 is 0. The summed E-state index contributed by atoms with van der Waals surface area (Å²) in [5.74, 6) is -1.04. The Hall–Kier alpha value is -1.30. The molecule has 1 aliphatic rings. The Bertz CT molecular complexity index is 245. The molecule has 1 fully saturated rings. The van der Waals surface area contributed by atoms with Gasteiger partial charge in [0.2, 0.25) is 0 Å². The molecule has 0 aromatic carbocycles. The molecule has 0 aliphatic carbocycles. The molecule has 1 unspecified atom stereocenters. The van der Waals surface area contributed by atoms with E-state index >= 15 is 0 Å². The van der Waals surface area contributed by atoms with Gasteiger partial charge in [-0.05, 0) is 26.4 Å². The maximum Gasteiger partial charge on any atom is 0.323 e. The normalized spacial score (nSPS) is 22.1. The van der Waals surface area contributed by atoms with Gasteiger partial charge >= 0.3 is 12.0 Å². The number of hydrogen-bond donors (Lipinski definition) is 3. The van der Waals surface area contributed by atoms with E-state index in [0.717, 1.165) is 25.9 Å². The van der Waals surface area contributed by atoms with Gasteiger partial charge in [0.25, 0.3) is 0 Å². The Morgan fingerprint density at radius 2 is 2.27 bits per heavy atom. The first kappa shape index (κ1) is 11.8. The molecular formula is C9H17N3O3. The van der Waals surface area contributed by atoms with Crippen molar-refractivity contribution in [3.05, 3.63) is 0 Å². The fourth-order valence-corrected chi connectivity index (χ4v) is 1.68. The van der Waals surface area contributed by atoms with Crippen LogP contribution in [-0.2, 0) is 4.79 Å². The van der Waals surface area contributed by atoms with Crippen molar-refractivity contribution in [3.8, 4) is 0 Å². The number of urea groups is 1. The van der Waals surface area contributed by atoms with Crippen LogP contribution in [0.25, 0.3) is 0 Å². The van der Waals surface area contributed by atoms with E-state index in [0.29, 0.717) is 0 Å². The van der Waals surface area contributed by atoms with Crippen LogP contribution < -0.4 is 10.6 Å². The first-order valence-corrected chi connectivity index (χ1v) is 5.02. The summed E-state index contributed by atoms with van der Waals surface area (Å²) in [7, 11) is 2.00. The first-order valence-electron chi connectivity index (χ1n) is 5.02. The van der Waals surface area contributed by atoms with Crippen LogP contribution in [0.3, 0.4) is 0 Å². The Morgan fingerprint density at radius 3 is 2.87 bits per heavy atom. The lowest BCUT2D eigenvalue weighted by Crippen LogP contribution is -2.50. The number of piperidine rings is 1. The summed E-state index contributed by atoms with van der Waals surface area (Å²) in [6, 6.07) is -0.282. The van der Waals surface area contributed by atoms with E-state index in [4.69, 9.17) is 5.11 Å². The zero-order chi connectivity index (χ0) is 11.3. The fourth-order valence-electron chi connectivity index (χ4n) is 1.68. The van der Waals surface area contributed by atoms with Gasteiger partial charge < -0.3 is 20.6 Å². The highest BCUT2D eigenvalue weighted by atomic mass is 16.4. The fraction of sp³-hybridized carbons (Fsp3) is 0.778. The molecule has 3 N–H and O–H groups in total. The van der Waals surface area contributed by atoms with Crippen LogP contribution in [0.2, 0.25) is 0 Å². The lowest BCUT2D eigenvalue weighted by Gasteiger charge is -2.30. The summed E-state index contributed by atoms with van der Waals surface area (Å²) in [6.45, 7) is 1.53. The summed E-state index contributed by atoms with van der Waals surface area (Å²) in [6.07, 6.45) is 2.01. The Kier molecular flexibility index (Phi) is 4.36. The van der Waals surface area contributed by atoms with Gasteiger partial charge in [0.15, 0.2) is 0 Å². The van der Waals surface area contributed by atoms with Gasteiger partial charge in [0.05, 0.1) is 0 Å². The van der Waals surface area contributed by atoms with Crippen molar-refractivity contribution < 1.29 is 14.7 Å². The number of carboxylic acids is 1. The minimum atomic E-state index is -1.04. The molecule has 15 heavy (non-hydrogen) atoms. The lowest BCUT2D eigenvalue weighted by atomic mass is 10.1. The van der Waals surface area contributed by atoms with Gasteiger partial charge in [-0.25, -0.2) is 4.79 Å². The number of carboxylic acid groups (broad SMARTS) is 1. The second-order valence-corrected chi connectivity index (χ2v) is 3.82. The zero-order valence-corrected chi connectivity index (χ0v) is 8.82. The molecule has 0 aromatic rings. The first-order chi connectivity index (χ1) is 7.08. The number of rotatable bonds is 3. The Morgan fingerprint density at radius 1 is 1.53 bits per heavy atom. The van der Waals surface area contributed by atoms with Crippen molar-refractivity contribution in [2.45, 2.75) is 18.9 Å². The van der Waals surface area contributed by atoms with Crippen molar-refractivity contribution in [1.82, 2.24) is 15.5 Å². The van der Waals surface area contributed by atoms with Crippen molar-refractivity contribution in [2.75, 3.05) is 26.7 Å². The summed E-state index contributed by atoms with van der Waals surface area (Å²) in [5, 5.41) is 13.4. The van der Waals surface area contributed by atoms with Crippen molar-refractivity contribution in [3.63, 3.8) is 0 Å². The van der Waals surface area contributed by atoms with Crippen LogP contribution >= 0.6 is 0 Å². The Balaban J connectivity index is 2.22. The van der Waals surface area contributed by atoms with Crippen LogP contribution in [0.5, 0.6) is 0 Å². The predicted molar refractivity (Wildman–Crippen MR) is 54.7 cm³/mol. The molecule has 1 atom stereocenters. The van der Waals surface area contributed by atoms with E-state index in [-0.39, 0.29) is 12.6 Å². The molecule has 0 saturated carbocycles. The summed E-state index contributed by atoms with van der Waals surface area (Å²) in [5.41, 5.74) is 0. The molecule has 6 heteroatoms. The second-order valence-electron chi connectivity index (χ2n) is 3.82. The SMILES string of the molecule is CN1CCCC(NC(=O)NCC(=O)O)C1. The lowest BCUT2D eigenvalue weighted by molar-refractivity contribution is -0.135. The van der Waals surface area contributed by atoms with E-state index in [2.05, 4.69) is 15.5 Å². The van der Waals surface area contributed by atoms with Gasteiger partial charge in [0, 0.05) is 12.6 Å². The minimum Gasteiger partial charge on any atom is -0.480 e. The number of hydrogen-bond acceptors (Lipinski definition) is 3. The van der Waals surface area contributed by atoms with Crippen molar-refractivity contribution >= 4 is 12.0 Å². The third-order valence-corrected chi connectivity index (χ3v) is 2.36. The van der Waals surface area contributed by atoms with E-state index in [1.807, 2.05) is 7.05 Å². The Labute approximate surface area is 88.6 Å². The number of nitrogens with zero attached hydrogens (tertiary/aromatic N) is 1. The van der Waals surface area contributed by atoms with E-state index in [1.54, 1.807) is 0 Å². The molecule has 2 amide bonds. The minimum absolute atomic E-state index is 0.123. The van der Waals surface area contributed by atoms with Gasteiger partial charge in [-0.2, -0.15) is 0 Å². The van der Waals surface area contributed by atoms with Gasteiger partial charge in [-0.15, -0.1) is 0 Å². The molecule has 0 bridgehead atoms. The molecule has 0 radical (unpaired) electrons. The molecule has 1 saturated heterocycles. The average Bonchev–Trinajstić information content (AvgIpc) is 2.15. The highest BCUT2D eigenvalue weighted by Crippen LogP contribution is 2.07. The van der Waals surface area contributed by atoms with Gasteiger partial charge in [0.1, 0.15) is 6.54 Å². The largest absolute Gasteiger partial charge is 0.480 e. The van der Waals surface area contributed by atoms with Gasteiger partial charge in [-0.1, -0.05) is 0 Å². The van der Waals surface area contributed by atoms with Crippen LogP contribution in [0.15, 0.2) is 0 Å². The molecule has 0 spiro atoms. The number of nitrogens with one attached hydrogen (secondary N) is 2. The van der Waals surface area contributed by atoms with E-state index in [1.165, 1.54) is 0 Å². The van der Waals surface area contributed by atoms with E-state index < -0.39 is 12.0 Å². The smallest absolute Gasteiger partial charge is 0.323 e. The molecule has 1 aliphatic heterocycles. The molecule has 1 heterocycles. The standard InChI is InChI=1S/C9H17N3O3/c1-12-4-2-3-7(6-12)11-9(15)10-5-8(13)14/h7H,2-6H2,1H3,(H,13,14)(H2,10,11,15). The number of amides is 2. The highest BCUT2D eigenvalue weighted by molar-refractivity contribution is 5.79. The van der Waals surface area contributed by atoms with Crippen LogP contribution in [0.4, 0.5) is 4.79 Å². The number of aliphatic carboxylic acids is 1. The molecule has 0 aromatic heterocycles. The molecule has 1 rings (SSSR count). The predicted octanol–water partition coefficient (Wildman–Crippen LogP) is -0.536. The monoisotopic (exact) mass is 215 g/mol. The topological polar surface area (TPSA) is 81.7 Å². The van der Waals surface area contributed by atoms with Crippen molar-refractivity contribution in [1.29, 1.82) is 0 Å². The number of likely N-dealkylation sites (N-methyl/N-ethyl adjacent to an activating group) is 1. The zero-order valence-electron chi connectivity index (χ0n) is 8.82. The molecule has 6 nitrogen and oxygen atoms in total. The van der Waals surface area contributed by atoms with E-state index in [9.17, 15) is 9.59 Å². The third kappa shape index (κ3) is 4.64. The van der Waals surface area contributed by atoms with Crippen LogP contribution in [-0.4, -0.2) is 54.7 Å². The molecular weight excluding hydrogens is 198 g/mol. The van der Waals surface area contributed by atoms with Crippen LogP contribution in [0, 0.1) is 0 Å². The number of carbonyl (C=O) groups excluding carboxylic acids is 1. The quantitative estimate of drug-likeness (QED) is 0.591. The second kappa shape index (κ2) is 5.55. The summed E-state index contributed by atoms with van der Waals surface area (Å²) in [4.78, 5) is 23.6. The number of carbonyl (C=O) groups is 2. The maximum absolute atomic E-state index is 11.2. The summed E-state index contributed by atoms with van der Waals surface area (Å²) < 4.78 is 0. The maximum atomic E-state index is 11.2. The average molecular weight is 215 g/mol.